The van der Waals surface area contributed by atoms with Gasteiger partial charge in [0.2, 0.25) is 0 Å². The topological polar surface area (TPSA) is 48.0 Å². The number of hydrogen-bond donors (Lipinski definition) is 0. The van der Waals surface area contributed by atoms with E-state index in [-0.39, 0.29) is 24.4 Å². The van der Waals surface area contributed by atoms with Gasteiger partial charge < -0.3 is 18.9 Å². The van der Waals surface area contributed by atoms with Crippen LogP contribution >= 0.6 is 0 Å². The molecular weight excluding hydrogens is 317 g/mol. The summed E-state index contributed by atoms with van der Waals surface area (Å²) in [5.74, 6) is 0. The highest BCUT2D eigenvalue weighted by Crippen LogP contribution is 2.42. The van der Waals surface area contributed by atoms with Crippen LogP contribution in [0.3, 0.4) is 0 Å². The molecule has 0 aromatic carbocycles. The van der Waals surface area contributed by atoms with Crippen molar-refractivity contribution in [3.8, 4) is 0 Å². The molecule has 25 heavy (non-hydrogen) atoms. The van der Waals surface area contributed by atoms with Crippen LogP contribution in [0.4, 0.5) is 4.79 Å². The second-order valence-corrected chi connectivity index (χ2v) is 8.87. The van der Waals surface area contributed by atoms with Crippen LogP contribution in [0.2, 0.25) is 0 Å². The largest absolute Gasteiger partial charge is 0.490 e. The number of nitrogens with zero attached hydrogens (tertiary/aromatic N) is 1. The molecule has 0 aromatic rings. The van der Waals surface area contributed by atoms with Gasteiger partial charge in [0.1, 0.15) is 5.60 Å². The Bertz CT molecular complexity index is 526. The Morgan fingerprint density at radius 1 is 1.32 bits per heavy atom. The van der Waals surface area contributed by atoms with Gasteiger partial charge in [0.15, 0.2) is 0 Å². The lowest BCUT2D eigenvalue weighted by molar-refractivity contribution is -0.0169. The molecule has 2 rings (SSSR count). The van der Waals surface area contributed by atoms with E-state index in [9.17, 15) is 4.79 Å². The van der Waals surface area contributed by atoms with Crippen LogP contribution in [0.15, 0.2) is 11.5 Å². The summed E-state index contributed by atoms with van der Waals surface area (Å²) in [4.78, 5) is 13.9. The van der Waals surface area contributed by atoms with Gasteiger partial charge in [-0.3, -0.25) is 0 Å². The maximum absolute atomic E-state index is 12.2. The lowest BCUT2D eigenvalue weighted by Crippen LogP contribution is -2.44. The van der Waals surface area contributed by atoms with Crippen molar-refractivity contribution in [3.63, 3.8) is 0 Å². The van der Waals surface area contributed by atoms with Gasteiger partial charge in [-0.2, -0.15) is 0 Å². The smallest absolute Gasteiger partial charge is 0.444 e. The summed E-state index contributed by atoms with van der Waals surface area (Å²) in [7, 11) is -0.308. The third kappa shape index (κ3) is 4.79. The van der Waals surface area contributed by atoms with Crippen molar-refractivity contribution in [2.75, 3.05) is 13.1 Å². The van der Waals surface area contributed by atoms with Crippen molar-refractivity contribution >= 4 is 13.2 Å². The molecule has 1 fully saturated rings. The zero-order valence-corrected chi connectivity index (χ0v) is 17.0. The quantitative estimate of drug-likeness (QED) is 0.707. The van der Waals surface area contributed by atoms with E-state index < -0.39 is 5.60 Å². The molecule has 5 nitrogen and oxygen atoms in total. The molecule has 0 spiro atoms. The highest BCUT2D eigenvalue weighted by atomic mass is 16.7. The maximum atomic E-state index is 12.2. The number of ether oxygens (including phenoxy) is 1. The molecule has 0 aromatic heterocycles. The lowest BCUT2D eigenvalue weighted by Gasteiger charge is -2.36. The average Bonchev–Trinajstić information content (AvgIpc) is 2.74. The molecule has 0 radical (unpaired) electrons. The first-order valence-electron chi connectivity index (χ1n) is 9.50. The zero-order valence-electron chi connectivity index (χ0n) is 17.0. The van der Waals surface area contributed by atoms with Gasteiger partial charge in [-0.05, 0) is 59.9 Å². The summed E-state index contributed by atoms with van der Waals surface area (Å²) in [6.07, 6.45) is 5.81. The van der Waals surface area contributed by atoms with Crippen LogP contribution in [0.5, 0.6) is 0 Å². The summed E-state index contributed by atoms with van der Waals surface area (Å²) in [6.45, 7) is 15.4. The van der Waals surface area contributed by atoms with E-state index in [2.05, 4.69) is 33.8 Å². The van der Waals surface area contributed by atoms with Crippen LogP contribution in [-0.2, 0) is 14.0 Å². The van der Waals surface area contributed by atoms with E-state index in [0.717, 1.165) is 31.2 Å². The fourth-order valence-corrected chi connectivity index (χ4v) is 3.21. The summed E-state index contributed by atoms with van der Waals surface area (Å²) >= 11 is 0. The number of amides is 1. The molecule has 2 aliphatic heterocycles. The molecular formula is C19H34BNO4. The predicted octanol–water partition coefficient (Wildman–Crippen LogP) is 4.36. The Morgan fingerprint density at radius 2 is 2.00 bits per heavy atom. The van der Waals surface area contributed by atoms with Crippen molar-refractivity contribution in [3.05, 3.63) is 11.5 Å². The van der Waals surface area contributed by atoms with E-state index in [1.54, 1.807) is 4.90 Å². The first-order chi connectivity index (χ1) is 11.5. The Hall–Kier alpha value is -1.01. The standard InChI is InChI=1S/C19H34BNO4/c1-8-9-12-19(7)18(5,6)24-20(25-19)15-10-13-21(14-11-15)16(22)23-17(2,3)4/h10H,8-9,11-14H2,1-7H3. The van der Waals surface area contributed by atoms with Crippen molar-refractivity contribution in [1.82, 2.24) is 4.90 Å². The highest BCUT2D eigenvalue weighted by molar-refractivity contribution is 6.54. The Balaban J connectivity index is 1.99. The van der Waals surface area contributed by atoms with Gasteiger partial charge in [0, 0.05) is 13.1 Å². The molecule has 1 atom stereocenters. The van der Waals surface area contributed by atoms with Gasteiger partial charge in [-0.15, -0.1) is 0 Å². The zero-order chi connectivity index (χ0) is 18.9. The maximum Gasteiger partial charge on any atom is 0.490 e. The minimum absolute atomic E-state index is 0.260. The van der Waals surface area contributed by atoms with Gasteiger partial charge in [0.05, 0.1) is 11.2 Å². The summed E-state index contributed by atoms with van der Waals surface area (Å²) in [5.41, 5.74) is 0.0597. The van der Waals surface area contributed by atoms with E-state index >= 15 is 0 Å². The fraction of sp³-hybridized carbons (Fsp3) is 0.842. The van der Waals surface area contributed by atoms with E-state index in [4.69, 9.17) is 14.0 Å². The normalized spacial score (nSPS) is 26.6. The van der Waals surface area contributed by atoms with E-state index in [1.807, 2.05) is 20.8 Å². The van der Waals surface area contributed by atoms with Crippen LogP contribution in [0.1, 0.15) is 74.1 Å². The number of carbonyl (C=O) groups is 1. The molecule has 1 amide bonds. The third-order valence-corrected chi connectivity index (χ3v) is 5.25. The average molecular weight is 351 g/mol. The number of unbranched alkanes of at least 4 members (excludes halogenated alkanes) is 1. The minimum atomic E-state index is -0.468. The van der Waals surface area contributed by atoms with Crippen LogP contribution in [0.25, 0.3) is 0 Å². The third-order valence-electron chi connectivity index (χ3n) is 5.25. The van der Waals surface area contributed by atoms with Crippen molar-refractivity contribution in [2.24, 2.45) is 0 Å². The number of rotatable bonds is 4. The fourth-order valence-electron chi connectivity index (χ4n) is 3.21. The molecule has 6 heteroatoms. The summed E-state index contributed by atoms with van der Waals surface area (Å²) < 4.78 is 18.1. The molecule has 142 valence electrons. The number of carbonyl (C=O) groups excluding carboxylic acids is 1. The second kappa shape index (κ2) is 7.32. The van der Waals surface area contributed by atoms with E-state index in [1.165, 1.54) is 0 Å². The molecule has 2 aliphatic rings. The van der Waals surface area contributed by atoms with Crippen LogP contribution < -0.4 is 0 Å². The van der Waals surface area contributed by atoms with Crippen LogP contribution in [-0.4, -0.2) is 48.0 Å². The van der Waals surface area contributed by atoms with Gasteiger partial charge >= 0.3 is 13.2 Å². The number of hydrogen-bond acceptors (Lipinski definition) is 4. The van der Waals surface area contributed by atoms with Gasteiger partial charge in [-0.1, -0.05) is 25.8 Å². The Morgan fingerprint density at radius 3 is 2.52 bits per heavy atom. The monoisotopic (exact) mass is 351 g/mol. The Kier molecular flexibility index (Phi) is 5.94. The molecule has 2 heterocycles. The van der Waals surface area contributed by atoms with Crippen LogP contribution in [0, 0.1) is 0 Å². The van der Waals surface area contributed by atoms with Gasteiger partial charge in [-0.25, -0.2) is 4.79 Å². The molecule has 1 saturated heterocycles. The lowest BCUT2D eigenvalue weighted by atomic mass is 9.75. The molecule has 0 saturated carbocycles. The van der Waals surface area contributed by atoms with Crippen molar-refractivity contribution in [1.29, 1.82) is 0 Å². The SMILES string of the molecule is CCCCC1(C)OB(C2=CCN(C(=O)OC(C)(C)C)CC2)OC1(C)C. The predicted molar refractivity (Wildman–Crippen MR) is 100 cm³/mol. The minimum Gasteiger partial charge on any atom is -0.444 e. The van der Waals surface area contributed by atoms with Crippen molar-refractivity contribution < 1.29 is 18.8 Å². The molecule has 0 bridgehead atoms. The molecule has 0 N–H and O–H groups in total. The molecule has 0 aliphatic carbocycles. The Labute approximate surface area is 153 Å². The summed E-state index contributed by atoms with van der Waals surface area (Å²) in [5, 5.41) is 0. The second-order valence-electron chi connectivity index (χ2n) is 8.87. The molecule has 1 unspecified atom stereocenters. The van der Waals surface area contributed by atoms with Gasteiger partial charge in [0.25, 0.3) is 0 Å². The highest BCUT2D eigenvalue weighted by Gasteiger charge is 2.54. The first kappa shape index (κ1) is 20.3. The van der Waals surface area contributed by atoms with E-state index in [0.29, 0.717) is 13.1 Å². The first-order valence-corrected chi connectivity index (χ1v) is 9.50. The van der Waals surface area contributed by atoms with Crippen molar-refractivity contribution in [2.45, 2.75) is 91.0 Å². The summed E-state index contributed by atoms with van der Waals surface area (Å²) in [6, 6.07) is 0.